The van der Waals surface area contributed by atoms with E-state index in [2.05, 4.69) is 13.8 Å². The summed E-state index contributed by atoms with van der Waals surface area (Å²) in [6, 6.07) is 0. The van der Waals surface area contributed by atoms with Crippen molar-refractivity contribution < 1.29 is 4.79 Å². The Kier molecular flexibility index (Phi) is 8.53. The van der Waals surface area contributed by atoms with Gasteiger partial charge in [-0.05, 0) is 30.4 Å². The minimum Gasteiger partial charge on any atom is -0.281 e. The second-order valence-electron chi connectivity index (χ2n) is 3.71. The summed E-state index contributed by atoms with van der Waals surface area (Å²) in [5.74, 6) is 0.532. The minimum atomic E-state index is -0.169. The van der Waals surface area contributed by atoms with E-state index in [0.717, 1.165) is 12.8 Å². The zero-order chi connectivity index (χ0) is 10.1. The highest BCUT2D eigenvalue weighted by molar-refractivity contribution is 6.63. The first-order valence-electron chi connectivity index (χ1n) is 5.39. The number of carbonyl (C=O) groups is 1. The van der Waals surface area contributed by atoms with Crippen LogP contribution in [0.4, 0.5) is 0 Å². The van der Waals surface area contributed by atoms with Crippen LogP contribution in [0.3, 0.4) is 0 Å². The van der Waals surface area contributed by atoms with Crippen molar-refractivity contribution in [3.05, 3.63) is 0 Å². The third-order valence-electron chi connectivity index (χ3n) is 2.38. The molecule has 0 spiro atoms. The fourth-order valence-electron chi connectivity index (χ4n) is 1.56. The first-order chi connectivity index (χ1) is 6.20. The largest absolute Gasteiger partial charge is 0.281 e. The molecule has 0 unspecified atom stereocenters. The maximum absolute atomic E-state index is 10.7. The molecule has 0 saturated heterocycles. The molecule has 78 valence electrons. The standard InChI is InChI=1S/C11H21ClO/c1-3-5-7-10(8-6-4-2)9-11(12)13/h10H,3-9H2,1-2H3. The Morgan fingerprint density at radius 1 is 1.15 bits per heavy atom. The first kappa shape index (κ1) is 13.0. The highest BCUT2D eigenvalue weighted by atomic mass is 35.5. The minimum absolute atomic E-state index is 0.169. The van der Waals surface area contributed by atoms with Crippen LogP contribution in [-0.4, -0.2) is 5.24 Å². The van der Waals surface area contributed by atoms with Crippen LogP contribution < -0.4 is 0 Å². The monoisotopic (exact) mass is 204 g/mol. The summed E-state index contributed by atoms with van der Waals surface area (Å²) < 4.78 is 0. The summed E-state index contributed by atoms with van der Waals surface area (Å²) >= 11 is 5.39. The number of hydrogen-bond donors (Lipinski definition) is 0. The van der Waals surface area contributed by atoms with Crippen molar-refractivity contribution >= 4 is 16.8 Å². The Morgan fingerprint density at radius 3 is 1.92 bits per heavy atom. The SMILES string of the molecule is CCCCC(CCCC)CC(=O)Cl. The van der Waals surface area contributed by atoms with Crippen molar-refractivity contribution in [2.75, 3.05) is 0 Å². The molecule has 0 saturated carbocycles. The topological polar surface area (TPSA) is 17.1 Å². The average molecular weight is 205 g/mol. The summed E-state index contributed by atoms with van der Waals surface area (Å²) in [4.78, 5) is 10.7. The van der Waals surface area contributed by atoms with Crippen LogP contribution in [0.15, 0.2) is 0 Å². The lowest BCUT2D eigenvalue weighted by Crippen LogP contribution is -2.04. The molecular formula is C11H21ClO. The second-order valence-corrected chi connectivity index (χ2v) is 4.13. The van der Waals surface area contributed by atoms with Gasteiger partial charge in [0.05, 0.1) is 0 Å². The van der Waals surface area contributed by atoms with Gasteiger partial charge in [-0.25, -0.2) is 0 Å². The molecule has 0 aliphatic rings. The van der Waals surface area contributed by atoms with E-state index >= 15 is 0 Å². The van der Waals surface area contributed by atoms with Crippen LogP contribution in [0.5, 0.6) is 0 Å². The van der Waals surface area contributed by atoms with Gasteiger partial charge in [-0.3, -0.25) is 4.79 Å². The molecule has 0 aromatic rings. The van der Waals surface area contributed by atoms with Gasteiger partial charge in [-0.1, -0.05) is 39.5 Å². The van der Waals surface area contributed by atoms with Crippen LogP contribution in [0, 0.1) is 5.92 Å². The Balaban J connectivity index is 3.66. The average Bonchev–Trinajstić information content (AvgIpc) is 2.09. The fourth-order valence-corrected chi connectivity index (χ4v) is 1.78. The molecule has 0 bridgehead atoms. The van der Waals surface area contributed by atoms with E-state index in [9.17, 15) is 4.79 Å². The van der Waals surface area contributed by atoms with Crippen molar-refractivity contribution in [3.8, 4) is 0 Å². The van der Waals surface area contributed by atoms with E-state index in [1.54, 1.807) is 0 Å². The number of rotatable bonds is 8. The predicted molar refractivity (Wildman–Crippen MR) is 58.0 cm³/mol. The first-order valence-corrected chi connectivity index (χ1v) is 5.76. The molecule has 0 atom stereocenters. The van der Waals surface area contributed by atoms with Gasteiger partial charge in [0, 0.05) is 6.42 Å². The summed E-state index contributed by atoms with van der Waals surface area (Å²) in [6.45, 7) is 4.36. The van der Waals surface area contributed by atoms with Crippen LogP contribution in [0.1, 0.15) is 58.8 Å². The van der Waals surface area contributed by atoms with Crippen molar-refractivity contribution in [1.82, 2.24) is 0 Å². The highest BCUT2D eigenvalue weighted by Gasteiger charge is 2.11. The van der Waals surface area contributed by atoms with Crippen LogP contribution in [0.25, 0.3) is 0 Å². The van der Waals surface area contributed by atoms with Crippen LogP contribution in [-0.2, 0) is 4.79 Å². The quantitative estimate of drug-likeness (QED) is 0.544. The molecule has 0 N–H and O–H groups in total. The third kappa shape index (κ3) is 8.29. The van der Waals surface area contributed by atoms with E-state index in [-0.39, 0.29) is 5.24 Å². The maximum Gasteiger partial charge on any atom is 0.221 e. The number of unbranched alkanes of at least 4 members (excludes halogenated alkanes) is 2. The smallest absolute Gasteiger partial charge is 0.221 e. The normalized spacial score (nSPS) is 10.8. The van der Waals surface area contributed by atoms with Crippen LogP contribution >= 0.6 is 11.6 Å². The lowest BCUT2D eigenvalue weighted by Gasteiger charge is -2.13. The van der Waals surface area contributed by atoms with Gasteiger partial charge in [0.2, 0.25) is 5.24 Å². The predicted octanol–water partition coefficient (Wildman–Crippen LogP) is 4.14. The molecule has 0 aromatic carbocycles. The molecule has 0 amide bonds. The molecule has 0 heterocycles. The third-order valence-corrected chi connectivity index (χ3v) is 2.54. The van der Waals surface area contributed by atoms with Gasteiger partial charge in [0.25, 0.3) is 0 Å². The Hall–Kier alpha value is -0.0400. The highest BCUT2D eigenvalue weighted by Crippen LogP contribution is 2.20. The molecule has 13 heavy (non-hydrogen) atoms. The van der Waals surface area contributed by atoms with Gasteiger partial charge in [0.1, 0.15) is 0 Å². The van der Waals surface area contributed by atoms with Gasteiger partial charge >= 0.3 is 0 Å². The van der Waals surface area contributed by atoms with Gasteiger partial charge in [-0.15, -0.1) is 0 Å². The van der Waals surface area contributed by atoms with Crippen molar-refractivity contribution in [2.24, 2.45) is 5.92 Å². The van der Waals surface area contributed by atoms with Crippen molar-refractivity contribution in [3.63, 3.8) is 0 Å². The molecule has 0 radical (unpaired) electrons. The summed E-state index contributed by atoms with van der Waals surface area (Å²) in [6.07, 6.45) is 7.75. The lowest BCUT2D eigenvalue weighted by molar-refractivity contribution is -0.112. The van der Waals surface area contributed by atoms with Gasteiger partial charge in [0.15, 0.2) is 0 Å². The van der Waals surface area contributed by atoms with Crippen LogP contribution in [0.2, 0.25) is 0 Å². The maximum atomic E-state index is 10.7. The van der Waals surface area contributed by atoms with Crippen molar-refractivity contribution in [1.29, 1.82) is 0 Å². The van der Waals surface area contributed by atoms with Crippen molar-refractivity contribution in [2.45, 2.75) is 58.8 Å². The van der Waals surface area contributed by atoms with E-state index in [1.807, 2.05) is 0 Å². The molecule has 0 fully saturated rings. The molecule has 0 aliphatic carbocycles. The lowest BCUT2D eigenvalue weighted by atomic mass is 9.93. The number of hydrogen-bond acceptors (Lipinski definition) is 1. The summed E-state index contributed by atoms with van der Waals surface area (Å²) in [5.41, 5.74) is 0. The molecule has 2 heteroatoms. The van der Waals surface area contributed by atoms with E-state index in [4.69, 9.17) is 11.6 Å². The second kappa shape index (κ2) is 8.55. The zero-order valence-corrected chi connectivity index (χ0v) is 9.57. The Labute approximate surface area is 86.9 Å². The molecule has 0 aromatic heterocycles. The number of carbonyl (C=O) groups excluding carboxylic acids is 1. The van der Waals surface area contributed by atoms with E-state index in [1.165, 1.54) is 25.7 Å². The molecule has 1 nitrogen and oxygen atoms in total. The molecular weight excluding hydrogens is 184 g/mol. The molecule has 0 rings (SSSR count). The number of halogens is 1. The van der Waals surface area contributed by atoms with Gasteiger partial charge < -0.3 is 0 Å². The zero-order valence-electron chi connectivity index (χ0n) is 8.81. The molecule has 0 aliphatic heterocycles. The van der Waals surface area contributed by atoms with Gasteiger partial charge in [-0.2, -0.15) is 0 Å². The Morgan fingerprint density at radius 2 is 1.62 bits per heavy atom. The summed E-state index contributed by atoms with van der Waals surface area (Å²) in [7, 11) is 0. The summed E-state index contributed by atoms with van der Waals surface area (Å²) in [5, 5.41) is -0.169. The Bertz CT molecular complexity index is 126. The van der Waals surface area contributed by atoms with E-state index in [0.29, 0.717) is 12.3 Å². The van der Waals surface area contributed by atoms with E-state index < -0.39 is 0 Å². The fraction of sp³-hybridized carbons (Fsp3) is 0.909.